The third kappa shape index (κ3) is 2.00. The van der Waals surface area contributed by atoms with Crippen LogP contribution in [0.4, 0.5) is 5.69 Å². The Hall–Kier alpha value is 0.610. The monoisotopic (exact) mass is 432 g/mol. The van der Waals surface area contributed by atoms with Gasteiger partial charge in [0.25, 0.3) is 0 Å². The highest BCUT2D eigenvalue weighted by molar-refractivity contribution is 9.15. The van der Waals surface area contributed by atoms with Crippen molar-refractivity contribution in [3.63, 3.8) is 0 Å². The lowest BCUT2D eigenvalue weighted by molar-refractivity contribution is 1.45. The molecule has 1 aromatic rings. The molecule has 3 N–H and O–H groups in total. The average molecular weight is 436 g/mol. The Morgan fingerprint density at radius 2 is 1.38 bits per heavy atom. The number of nitrogens with two attached hydrogens (primary N) is 1. The minimum atomic E-state index is 0.539. The van der Waals surface area contributed by atoms with Crippen molar-refractivity contribution in [3.8, 4) is 0 Å². The maximum absolute atomic E-state index is 7.20. The molecular formula is C7H4Br4N2. The molecule has 0 saturated carbocycles. The minimum Gasteiger partial charge on any atom is -0.397 e. The van der Waals surface area contributed by atoms with E-state index in [0.29, 0.717) is 11.3 Å². The number of benzene rings is 1. The molecule has 0 atom stereocenters. The van der Waals surface area contributed by atoms with Crippen LogP contribution in [0, 0.1) is 5.41 Å². The van der Waals surface area contributed by atoms with E-state index in [1.807, 2.05) is 0 Å². The third-order valence-electron chi connectivity index (χ3n) is 1.49. The summed E-state index contributed by atoms with van der Waals surface area (Å²) in [5, 5.41) is 7.20. The zero-order chi connectivity index (χ0) is 10.2. The van der Waals surface area contributed by atoms with Crippen LogP contribution in [0.3, 0.4) is 0 Å². The van der Waals surface area contributed by atoms with Gasteiger partial charge in [-0.1, -0.05) is 0 Å². The lowest BCUT2D eigenvalue weighted by atomic mass is 10.2. The van der Waals surface area contributed by atoms with Gasteiger partial charge in [-0.25, -0.2) is 0 Å². The lowest BCUT2D eigenvalue weighted by Crippen LogP contribution is -1.97. The number of rotatable bonds is 1. The lowest BCUT2D eigenvalue weighted by Gasteiger charge is -2.10. The summed E-state index contributed by atoms with van der Waals surface area (Å²) >= 11 is 13.4. The van der Waals surface area contributed by atoms with Gasteiger partial charge in [-0.2, -0.15) is 0 Å². The molecule has 0 aromatic heterocycles. The first-order valence-corrected chi connectivity index (χ1v) is 6.29. The standard InChI is InChI=1S/C7H4Br4N2/c8-3-2(1-12)7(13)6(11)5(10)4(3)9/h1,12H,13H2. The van der Waals surface area contributed by atoms with Crippen LogP contribution < -0.4 is 5.73 Å². The van der Waals surface area contributed by atoms with Gasteiger partial charge in [-0.05, 0) is 63.7 Å². The van der Waals surface area contributed by atoms with E-state index in [-0.39, 0.29) is 0 Å². The van der Waals surface area contributed by atoms with Gasteiger partial charge in [-0.3, -0.25) is 0 Å². The number of hydrogen-bond acceptors (Lipinski definition) is 2. The fraction of sp³-hybridized carbons (Fsp3) is 0. The first-order chi connectivity index (χ1) is 6.00. The summed E-state index contributed by atoms with van der Waals surface area (Å²) < 4.78 is 3.20. The highest BCUT2D eigenvalue weighted by atomic mass is 79.9. The van der Waals surface area contributed by atoms with E-state index >= 15 is 0 Å². The smallest absolute Gasteiger partial charge is 0.0571 e. The van der Waals surface area contributed by atoms with Crippen LogP contribution in [-0.4, -0.2) is 6.21 Å². The SMILES string of the molecule is N=Cc1c(N)c(Br)c(Br)c(Br)c1Br. The molecule has 0 aliphatic carbocycles. The van der Waals surface area contributed by atoms with Crippen molar-refractivity contribution in [1.82, 2.24) is 0 Å². The van der Waals surface area contributed by atoms with Gasteiger partial charge < -0.3 is 11.1 Å². The normalized spacial score (nSPS) is 10.2. The molecule has 13 heavy (non-hydrogen) atoms. The molecule has 0 bridgehead atoms. The van der Waals surface area contributed by atoms with E-state index in [9.17, 15) is 0 Å². The summed E-state index contributed by atoms with van der Waals surface area (Å²) in [7, 11) is 0. The van der Waals surface area contributed by atoms with E-state index in [1.165, 1.54) is 6.21 Å². The molecule has 0 radical (unpaired) electrons. The van der Waals surface area contributed by atoms with Gasteiger partial charge in [0.1, 0.15) is 0 Å². The van der Waals surface area contributed by atoms with Crippen molar-refractivity contribution < 1.29 is 0 Å². The highest BCUT2D eigenvalue weighted by Gasteiger charge is 2.15. The zero-order valence-electron chi connectivity index (χ0n) is 6.17. The fourth-order valence-electron chi connectivity index (χ4n) is 0.807. The fourth-order valence-corrected chi connectivity index (χ4v) is 3.10. The molecule has 0 unspecified atom stereocenters. The topological polar surface area (TPSA) is 49.9 Å². The van der Waals surface area contributed by atoms with Crippen molar-refractivity contribution in [2.45, 2.75) is 0 Å². The Bertz CT molecular complexity index is 346. The Morgan fingerprint density at radius 3 is 1.85 bits per heavy atom. The number of halogens is 4. The molecule has 0 saturated heterocycles. The van der Waals surface area contributed by atoms with Gasteiger partial charge >= 0.3 is 0 Å². The summed E-state index contributed by atoms with van der Waals surface area (Å²) in [4.78, 5) is 0. The largest absolute Gasteiger partial charge is 0.397 e. The average Bonchev–Trinajstić information content (AvgIpc) is 2.13. The van der Waals surface area contributed by atoms with E-state index in [0.717, 1.165) is 17.9 Å². The highest BCUT2D eigenvalue weighted by Crippen LogP contribution is 2.42. The van der Waals surface area contributed by atoms with E-state index < -0.39 is 0 Å². The van der Waals surface area contributed by atoms with Crippen LogP contribution in [-0.2, 0) is 0 Å². The first-order valence-electron chi connectivity index (χ1n) is 3.12. The first kappa shape index (κ1) is 11.7. The molecule has 0 aliphatic rings. The van der Waals surface area contributed by atoms with Gasteiger partial charge in [0.05, 0.1) is 10.2 Å². The molecule has 0 amide bonds. The number of nitrogens with one attached hydrogen (secondary N) is 1. The molecule has 0 spiro atoms. The Morgan fingerprint density at radius 1 is 0.923 bits per heavy atom. The summed E-state index contributed by atoms with van der Waals surface area (Å²) in [5.74, 6) is 0. The summed E-state index contributed by atoms with van der Waals surface area (Å²) in [6.07, 6.45) is 1.21. The summed E-state index contributed by atoms with van der Waals surface area (Å²) in [5.41, 5.74) is 6.98. The molecule has 70 valence electrons. The number of hydrogen-bond donors (Lipinski definition) is 2. The Balaban J connectivity index is 3.66. The maximum Gasteiger partial charge on any atom is 0.0571 e. The third-order valence-corrected chi connectivity index (χ3v) is 6.32. The van der Waals surface area contributed by atoms with Crippen LogP contribution in [0.1, 0.15) is 5.56 Å². The Labute approximate surface area is 109 Å². The number of anilines is 1. The number of nitrogen functional groups attached to an aromatic ring is 1. The van der Waals surface area contributed by atoms with Crippen molar-refractivity contribution in [2.24, 2.45) is 0 Å². The Kier molecular flexibility index (Phi) is 3.97. The molecule has 2 nitrogen and oxygen atoms in total. The zero-order valence-corrected chi connectivity index (χ0v) is 12.5. The second-order valence-corrected chi connectivity index (χ2v) is 5.40. The maximum atomic E-state index is 7.20. The van der Waals surface area contributed by atoms with Crippen molar-refractivity contribution >= 4 is 75.6 Å². The van der Waals surface area contributed by atoms with Crippen molar-refractivity contribution in [1.29, 1.82) is 5.41 Å². The molecular weight excluding hydrogens is 432 g/mol. The van der Waals surface area contributed by atoms with Crippen molar-refractivity contribution in [3.05, 3.63) is 23.5 Å². The second kappa shape index (κ2) is 4.42. The molecule has 1 aromatic carbocycles. The van der Waals surface area contributed by atoms with E-state index in [4.69, 9.17) is 11.1 Å². The van der Waals surface area contributed by atoms with E-state index in [1.54, 1.807) is 0 Å². The van der Waals surface area contributed by atoms with Crippen LogP contribution in [0.5, 0.6) is 0 Å². The molecule has 0 fully saturated rings. The van der Waals surface area contributed by atoms with Gasteiger partial charge in [0, 0.05) is 25.2 Å². The van der Waals surface area contributed by atoms with Crippen LogP contribution in [0.2, 0.25) is 0 Å². The molecule has 1 rings (SSSR count). The van der Waals surface area contributed by atoms with Crippen LogP contribution in [0.25, 0.3) is 0 Å². The molecule has 0 heterocycles. The molecule has 0 aliphatic heterocycles. The van der Waals surface area contributed by atoms with Crippen molar-refractivity contribution in [2.75, 3.05) is 5.73 Å². The van der Waals surface area contributed by atoms with Crippen LogP contribution in [0.15, 0.2) is 17.9 Å². The van der Waals surface area contributed by atoms with E-state index in [2.05, 4.69) is 63.7 Å². The minimum absolute atomic E-state index is 0.539. The summed E-state index contributed by atoms with van der Waals surface area (Å²) in [6, 6.07) is 0. The predicted octanol–water partition coefficient (Wildman–Crippen LogP) is 4.32. The second-order valence-electron chi connectivity index (χ2n) is 2.23. The van der Waals surface area contributed by atoms with Crippen LogP contribution >= 0.6 is 63.7 Å². The van der Waals surface area contributed by atoms with Gasteiger partial charge in [-0.15, -0.1) is 0 Å². The predicted molar refractivity (Wildman–Crippen MR) is 69.5 cm³/mol. The van der Waals surface area contributed by atoms with Gasteiger partial charge in [0.2, 0.25) is 0 Å². The summed E-state index contributed by atoms with van der Waals surface area (Å²) in [6.45, 7) is 0. The van der Waals surface area contributed by atoms with Gasteiger partial charge in [0.15, 0.2) is 0 Å². The molecule has 6 heteroatoms. The quantitative estimate of drug-likeness (QED) is 0.293.